The van der Waals surface area contributed by atoms with E-state index in [4.69, 9.17) is 5.26 Å². The Hall–Kier alpha value is -3.53. The third kappa shape index (κ3) is 3.94. The van der Waals surface area contributed by atoms with Gasteiger partial charge in [-0.05, 0) is 31.2 Å². The van der Waals surface area contributed by atoms with Gasteiger partial charge in [0.15, 0.2) is 21.1 Å². The Morgan fingerprint density at radius 1 is 1.20 bits per heavy atom. The largest absolute Gasteiger partial charge is 0.381 e. The van der Waals surface area contributed by atoms with Crippen molar-refractivity contribution in [2.24, 2.45) is 0 Å². The Morgan fingerprint density at radius 3 is 2.50 bits per heavy atom. The van der Waals surface area contributed by atoms with Crippen LogP contribution in [-0.4, -0.2) is 30.9 Å². The predicted molar refractivity (Wildman–Crippen MR) is 106 cm³/mol. The van der Waals surface area contributed by atoms with Crippen LogP contribution < -0.4 is 5.43 Å². The predicted octanol–water partition coefficient (Wildman–Crippen LogP) is 2.48. The third-order valence-corrected chi connectivity index (χ3v) is 5.37. The molecule has 0 bridgehead atoms. The maximum atomic E-state index is 14.8. The number of hydrogen-bond donors (Lipinski definition) is 2. The molecule has 0 aliphatic rings. The summed E-state index contributed by atoms with van der Waals surface area (Å²) in [5, 5.41) is 17.9. The van der Waals surface area contributed by atoms with Crippen LogP contribution in [0.25, 0.3) is 22.2 Å². The van der Waals surface area contributed by atoms with Gasteiger partial charge in [-0.15, -0.1) is 0 Å². The lowest BCUT2D eigenvalue weighted by Gasteiger charge is -2.11. The third-order valence-electron chi connectivity index (χ3n) is 4.21. The van der Waals surface area contributed by atoms with Gasteiger partial charge < -0.3 is 10.1 Å². The van der Waals surface area contributed by atoms with Crippen LogP contribution in [0.2, 0.25) is 0 Å². The molecule has 2 N–H and O–H groups in total. The van der Waals surface area contributed by atoms with E-state index in [2.05, 4.69) is 16.8 Å². The van der Waals surface area contributed by atoms with Gasteiger partial charge in [0.25, 0.3) is 0 Å². The minimum absolute atomic E-state index is 0.0216. The molecule has 0 fully saturated rings. The number of sulfone groups is 1. The minimum Gasteiger partial charge on any atom is -0.381 e. The van der Waals surface area contributed by atoms with Crippen LogP contribution in [0.5, 0.6) is 0 Å². The van der Waals surface area contributed by atoms with Gasteiger partial charge in [0.05, 0.1) is 38.7 Å². The fourth-order valence-corrected chi connectivity index (χ4v) is 3.80. The molecule has 3 aromatic rings. The van der Waals surface area contributed by atoms with E-state index in [1.807, 2.05) is 6.07 Å². The van der Waals surface area contributed by atoms with Crippen molar-refractivity contribution < 1.29 is 22.3 Å². The molecule has 2 aromatic carbocycles. The average Bonchev–Trinajstić information content (AvgIpc) is 2.65. The van der Waals surface area contributed by atoms with Crippen LogP contribution in [-0.2, 0) is 9.84 Å². The fourth-order valence-electron chi connectivity index (χ4n) is 2.91. The number of aliphatic hydroxyl groups is 1. The zero-order valence-corrected chi connectivity index (χ0v) is 16.6. The molecule has 30 heavy (non-hydrogen) atoms. The van der Waals surface area contributed by atoms with Crippen molar-refractivity contribution in [3.63, 3.8) is 0 Å². The van der Waals surface area contributed by atoms with Crippen molar-refractivity contribution in [2.45, 2.75) is 17.9 Å². The summed E-state index contributed by atoms with van der Waals surface area (Å²) < 4.78 is 53.4. The zero-order chi connectivity index (χ0) is 22.2. The van der Waals surface area contributed by atoms with E-state index in [-0.39, 0.29) is 27.2 Å². The number of nitrogens with zero attached hydrogens (tertiary/aromatic N) is 1. The summed E-state index contributed by atoms with van der Waals surface area (Å²) in [7, 11) is -3.73. The normalized spacial score (nSPS) is 12.1. The van der Waals surface area contributed by atoms with Gasteiger partial charge in [-0.3, -0.25) is 4.79 Å². The second kappa shape index (κ2) is 7.71. The van der Waals surface area contributed by atoms with Gasteiger partial charge in [-0.1, -0.05) is 11.8 Å². The van der Waals surface area contributed by atoms with Gasteiger partial charge in [-0.25, -0.2) is 17.2 Å². The van der Waals surface area contributed by atoms with Gasteiger partial charge in [-0.2, -0.15) is 5.26 Å². The van der Waals surface area contributed by atoms with Gasteiger partial charge in [0, 0.05) is 17.9 Å². The molecule has 152 valence electrons. The quantitative estimate of drug-likeness (QED) is 0.610. The van der Waals surface area contributed by atoms with Crippen molar-refractivity contribution in [1.82, 2.24) is 4.98 Å². The molecule has 0 saturated heterocycles. The molecule has 0 amide bonds. The lowest BCUT2D eigenvalue weighted by atomic mass is 10.0. The van der Waals surface area contributed by atoms with Crippen LogP contribution in [0.3, 0.4) is 0 Å². The number of pyridine rings is 1. The maximum Gasteiger partial charge on any atom is 0.193 e. The highest BCUT2D eigenvalue weighted by atomic mass is 32.2. The van der Waals surface area contributed by atoms with E-state index in [9.17, 15) is 27.1 Å². The molecule has 6 nitrogen and oxygen atoms in total. The van der Waals surface area contributed by atoms with Crippen LogP contribution >= 0.6 is 0 Å². The van der Waals surface area contributed by atoms with Crippen LogP contribution in [0.4, 0.5) is 8.78 Å². The Morgan fingerprint density at radius 2 is 1.90 bits per heavy atom. The number of rotatable bonds is 2. The molecule has 0 spiro atoms. The number of halogens is 2. The molecule has 9 heteroatoms. The van der Waals surface area contributed by atoms with Crippen LogP contribution in [0.1, 0.15) is 18.1 Å². The second-order valence-corrected chi connectivity index (χ2v) is 8.54. The monoisotopic (exact) mass is 428 g/mol. The van der Waals surface area contributed by atoms with E-state index in [0.29, 0.717) is 0 Å². The molecule has 0 aliphatic heterocycles. The Labute approximate surface area is 170 Å². The minimum atomic E-state index is -3.73. The van der Waals surface area contributed by atoms with Crippen molar-refractivity contribution in [1.29, 1.82) is 5.26 Å². The number of H-pyrrole nitrogens is 1. The number of benzene rings is 2. The van der Waals surface area contributed by atoms with Crippen molar-refractivity contribution in [2.75, 3.05) is 6.26 Å². The first-order valence-corrected chi connectivity index (χ1v) is 10.4. The number of nitrogens with one attached hydrogen (secondary N) is 1. The molecule has 0 radical (unpaired) electrons. The topological polar surface area (TPSA) is 111 Å². The number of aliphatic hydroxyl groups excluding tert-OH is 1. The highest BCUT2D eigenvalue weighted by molar-refractivity contribution is 7.90. The average molecular weight is 428 g/mol. The molecule has 3 rings (SSSR count). The Kier molecular flexibility index (Phi) is 5.45. The van der Waals surface area contributed by atoms with Crippen LogP contribution in [0, 0.1) is 34.8 Å². The van der Waals surface area contributed by atoms with E-state index < -0.39 is 44.0 Å². The van der Waals surface area contributed by atoms with E-state index >= 15 is 0 Å². The molecule has 0 saturated carbocycles. The summed E-state index contributed by atoms with van der Waals surface area (Å²) in [5.74, 6) is 2.14. The van der Waals surface area contributed by atoms with E-state index in [1.54, 1.807) is 0 Å². The van der Waals surface area contributed by atoms with Crippen molar-refractivity contribution in [3.8, 4) is 29.2 Å². The SMILES string of the molecule is C[C@@H](O)C#Cc1c(F)cc2[nH]c(-c3cc(C#N)ccc3S(C)(=O)=O)cc(=O)c2c1F. The molecular weight excluding hydrogens is 414 g/mol. The second-order valence-electron chi connectivity index (χ2n) is 6.56. The van der Waals surface area contributed by atoms with Gasteiger partial charge in [0.2, 0.25) is 0 Å². The Balaban J connectivity index is 2.36. The summed E-state index contributed by atoms with van der Waals surface area (Å²) in [4.78, 5) is 15.1. The van der Waals surface area contributed by atoms with Crippen molar-refractivity contribution >= 4 is 20.7 Å². The molecule has 1 heterocycles. The number of aromatic nitrogens is 1. The van der Waals surface area contributed by atoms with Crippen LogP contribution in [0.15, 0.2) is 40.0 Å². The number of aromatic amines is 1. The first-order valence-electron chi connectivity index (χ1n) is 8.52. The smallest absolute Gasteiger partial charge is 0.193 e. The molecular formula is C21H14F2N2O4S. The molecule has 1 aromatic heterocycles. The van der Waals surface area contributed by atoms with Crippen molar-refractivity contribution in [3.05, 3.63) is 63.3 Å². The number of nitriles is 1. The van der Waals surface area contributed by atoms with E-state index in [0.717, 1.165) is 18.4 Å². The number of fused-ring (bicyclic) bond motifs is 1. The summed E-state index contributed by atoms with van der Waals surface area (Å²) in [6.45, 7) is 1.32. The molecule has 0 unspecified atom stereocenters. The maximum absolute atomic E-state index is 14.8. The van der Waals surface area contributed by atoms with Gasteiger partial charge >= 0.3 is 0 Å². The summed E-state index contributed by atoms with van der Waals surface area (Å²) in [6.07, 6.45) is -0.161. The zero-order valence-electron chi connectivity index (χ0n) is 15.7. The molecule has 1 atom stereocenters. The first-order chi connectivity index (χ1) is 14.0. The summed E-state index contributed by atoms with van der Waals surface area (Å²) >= 11 is 0. The highest BCUT2D eigenvalue weighted by Crippen LogP contribution is 2.29. The van der Waals surface area contributed by atoms with Gasteiger partial charge in [0.1, 0.15) is 11.9 Å². The fraction of sp³-hybridized carbons (Fsp3) is 0.143. The Bertz CT molecular complexity index is 1460. The standard InChI is InChI=1S/C21H14F2N2O4S/c1-11(26)3-5-13-15(22)8-17-20(21(13)23)18(27)9-16(25-17)14-7-12(10-24)4-6-19(14)30(2,28)29/h4,6-9,11,26H,1-2H3,(H,25,27)/t11-/m1/s1. The lowest BCUT2D eigenvalue weighted by molar-refractivity contribution is 0.253. The lowest BCUT2D eigenvalue weighted by Crippen LogP contribution is -2.09. The molecule has 0 aliphatic carbocycles. The number of hydrogen-bond acceptors (Lipinski definition) is 5. The summed E-state index contributed by atoms with van der Waals surface area (Å²) in [6, 6.07) is 7.51. The van der Waals surface area contributed by atoms with E-state index in [1.165, 1.54) is 25.1 Å². The first kappa shape index (κ1) is 21.2. The summed E-state index contributed by atoms with van der Waals surface area (Å²) in [5.41, 5.74) is -1.57. The highest BCUT2D eigenvalue weighted by Gasteiger charge is 2.20.